The van der Waals surface area contributed by atoms with E-state index in [0.717, 1.165) is 48.2 Å². The number of pyridine rings is 2. The highest BCUT2D eigenvalue weighted by atomic mass is 16.2. The molecule has 23 heavy (non-hydrogen) atoms. The SMILES string of the molecule is Cn1ccc2c(-c3ncccc3C(=O)N3CCCC3)ccnc21. The second-order valence-corrected chi connectivity index (χ2v) is 5.92. The van der Waals surface area contributed by atoms with E-state index in [1.54, 1.807) is 12.4 Å². The third-order valence-electron chi connectivity index (χ3n) is 4.45. The third kappa shape index (κ3) is 2.29. The quantitative estimate of drug-likeness (QED) is 0.731. The van der Waals surface area contributed by atoms with Crippen molar-refractivity contribution in [1.29, 1.82) is 0 Å². The highest BCUT2D eigenvalue weighted by Crippen LogP contribution is 2.29. The molecule has 3 aromatic rings. The summed E-state index contributed by atoms with van der Waals surface area (Å²) >= 11 is 0. The fourth-order valence-corrected chi connectivity index (χ4v) is 3.25. The molecule has 0 radical (unpaired) electrons. The molecule has 4 heterocycles. The zero-order valence-corrected chi connectivity index (χ0v) is 13.1. The Balaban J connectivity index is 1.87. The van der Waals surface area contributed by atoms with Crippen LogP contribution in [-0.4, -0.2) is 38.4 Å². The summed E-state index contributed by atoms with van der Waals surface area (Å²) in [4.78, 5) is 23.7. The Kier molecular flexibility index (Phi) is 3.33. The van der Waals surface area contributed by atoms with Crippen molar-refractivity contribution in [3.05, 3.63) is 48.4 Å². The van der Waals surface area contributed by atoms with Gasteiger partial charge in [-0.25, -0.2) is 4.98 Å². The van der Waals surface area contributed by atoms with Crippen LogP contribution in [0.3, 0.4) is 0 Å². The standard InChI is InChI=1S/C18H18N4O/c1-21-12-7-14-13(6-9-20-17(14)21)16-15(5-4-8-19-16)18(23)22-10-2-3-11-22/h4-9,12H,2-3,10-11H2,1H3. The molecule has 1 amide bonds. The van der Waals surface area contributed by atoms with Gasteiger partial charge in [-0.3, -0.25) is 9.78 Å². The van der Waals surface area contributed by atoms with E-state index < -0.39 is 0 Å². The summed E-state index contributed by atoms with van der Waals surface area (Å²) in [6.45, 7) is 1.68. The lowest BCUT2D eigenvalue weighted by atomic mass is 10.0. The van der Waals surface area contributed by atoms with Gasteiger partial charge in [0.05, 0.1) is 11.3 Å². The molecule has 0 saturated carbocycles. The maximum Gasteiger partial charge on any atom is 0.256 e. The Hall–Kier alpha value is -2.69. The number of likely N-dealkylation sites (tertiary alicyclic amines) is 1. The van der Waals surface area contributed by atoms with Crippen LogP contribution in [0.5, 0.6) is 0 Å². The first-order valence-corrected chi connectivity index (χ1v) is 7.90. The number of hydrogen-bond donors (Lipinski definition) is 0. The van der Waals surface area contributed by atoms with Gasteiger partial charge in [-0.1, -0.05) is 0 Å². The molecule has 3 aromatic heterocycles. The predicted octanol–water partition coefficient (Wildman–Crippen LogP) is 2.87. The first-order valence-electron chi connectivity index (χ1n) is 7.90. The van der Waals surface area contributed by atoms with E-state index in [-0.39, 0.29) is 5.91 Å². The molecule has 0 spiro atoms. The molecule has 1 saturated heterocycles. The Morgan fingerprint density at radius 2 is 1.91 bits per heavy atom. The first kappa shape index (κ1) is 13.9. The molecule has 0 aliphatic carbocycles. The third-order valence-corrected chi connectivity index (χ3v) is 4.45. The van der Waals surface area contributed by atoms with E-state index in [9.17, 15) is 4.79 Å². The van der Waals surface area contributed by atoms with Crippen molar-refractivity contribution in [1.82, 2.24) is 19.4 Å². The second kappa shape index (κ2) is 5.50. The molecule has 116 valence electrons. The van der Waals surface area contributed by atoms with Gasteiger partial charge in [0.1, 0.15) is 5.65 Å². The van der Waals surface area contributed by atoms with E-state index in [2.05, 4.69) is 9.97 Å². The molecule has 1 aliphatic heterocycles. The number of carbonyl (C=O) groups excluding carboxylic acids is 1. The van der Waals surface area contributed by atoms with Gasteiger partial charge in [0.25, 0.3) is 5.91 Å². The summed E-state index contributed by atoms with van der Waals surface area (Å²) in [5, 5.41) is 1.02. The van der Waals surface area contributed by atoms with Crippen LogP contribution in [0.25, 0.3) is 22.3 Å². The van der Waals surface area contributed by atoms with Crippen LogP contribution in [0.2, 0.25) is 0 Å². The van der Waals surface area contributed by atoms with Crippen molar-refractivity contribution in [2.24, 2.45) is 7.05 Å². The van der Waals surface area contributed by atoms with E-state index in [4.69, 9.17) is 0 Å². The van der Waals surface area contributed by atoms with Gasteiger partial charge in [-0.2, -0.15) is 0 Å². The lowest BCUT2D eigenvalue weighted by molar-refractivity contribution is 0.0793. The average molecular weight is 306 g/mol. The largest absolute Gasteiger partial charge is 0.339 e. The van der Waals surface area contributed by atoms with Crippen molar-refractivity contribution in [2.45, 2.75) is 12.8 Å². The number of fused-ring (bicyclic) bond motifs is 1. The van der Waals surface area contributed by atoms with Crippen LogP contribution in [0, 0.1) is 0 Å². The summed E-state index contributed by atoms with van der Waals surface area (Å²) in [6, 6.07) is 7.66. The monoisotopic (exact) mass is 306 g/mol. The fraction of sp³-hybridized carbons (Fsp3) is 0.278. The normalized spacial score (nSPS) is 14.6. The van der Waals surface area contributed by atoms with E-state index >= 15 is 0 Å². The Labute approximate surface area is 134 Å². The van der Waals surface area contributed by atoms with Crippen molar-refractivity contribution in [3.63, 3.8) is 0 Å². The Morgan fingerprint density at radius 1 is 1.09 bits per heavy atom. The van der Waals surface area contributed by atoms with Crippen molar-refractivity contribution >= 4 is 16.9 Å². The minimum absolute atomic E-state index is 0.0755. The number of rotatable bonds is 2. The molecule has 0 bridgehead atoms. The van der Waals surface area contributed by atoms with E-state index in [1.807, 2.05) is 47.0 Å². The molecule has 0 N–H and O–H groups in total. The summed E-state index contributed by atoms with van der Waals surface area (Å²) in [5.74, 6) is 0.0755. The summed E-state index contributed by atoms with van der Waals surface area (Å²) in [7, 11) is 1.97. The molecule has 0 atom stereocenters. The Bertz CT molecular complexity index is 878. The number of amides is 1. The van der Waals surface area contributed by atoms with Gasteiger partial charge in [0, 0.05) is 49.7 Å². The smallest absolute Gasteiger partial charge is 0.256 e. The van der Waals surface area contributed by atoms with Crippen LogP contribution in [0.15, 0.2) is 42.9 Å². The lowest BCUT2D eigenvalue weighted by Gasteiger charge is -2.17. The van der Waals surface area contributed by atoms with Crippen molar-refractivity contribution < 1.29 is 4.79 Å². The molecule has 5 heteroatoms. The van der Waals surface area contributed by atoms with Gasteiger partial charge in [0.15, 0.2) is 0 Å². The highest BCUT2D eigenvalue weighted by molar-refractivity contribution is 6.03. The minimum Gasteiger partial charge on any atom is -0.339 e. The molecular formula is C18H18N4O. The fourth-order valence-electron chi connectivity index (χ4n) is 3.25. The molecule has 0 aromatic carbocycles. The van der Waals surface area contributed by atoms with Gasteiger partial charge in [0.2, 0.25) is 0 Å². The summed E-state index contributed by atoms with van der Waals surface area (Å²) < 4.78 is 1.98. The van der Waals surface area contributed by atoms with Gasteiger partial charge in [-0.05, 0) is 37.1 Å². The highest BCUT2D eigenvalue weighted by Gasteiger charge is 2.23. The molecular weight excluding hydrogens is 288 g/mol. The maximum atomic E-state index is 12.8. The molecule has 1 aliphatic rings. The number of aryl methyl sites for hydroxylation is 1. The zero-order valence-electron chi connectivity index (χ0n) is 13.1. The first-order chi connectivity index (χ1) is 11.3. The minimum atomic E-state index is 0.0755. The number of hydrogen-bond acceptors (Lipinski definition) is 3. The van der Waals surface area contributed by atoms with Crippen LogP contribution in [0.1, 0.15) is 23.2 Å². The number of aromatic nitrogens is 3. The van der Waals surface area contributed by atoms with Gasteiger partial charge < -0.3 is 9.47 Å². The van der Waals surface area contributed by atoms with Crippen molar-refractivity contribution in [3.8, 4) is 11.3 Å². The molecule has 4 rings (SSSR count). The Morgan fingerprint density at radius 3 is 2.74 bits per heavy atom. The lowest BCUT2D eigenvalue weighted by Crippen LogP contribution is -2.28. The predicted molar refractivity (Wildman–Crippen MR) is 89.1 cm³/mol. The molecule has 0 unspecified atom stereocenters. The van der Waals surface area contributed by atoms with Crippen LogP contribution >= 0.6 is 0 Å². The van der Waals surface area contributed by atoms with Crippen LogP contribution in [0.4, 0.5) is 0 Å². The van der Waals surface area contributed by atoms with E-state index in [0.29, 0.717) is 5.56 Å². The van der Waals surface area contributed by atoms with Crippen LogP contribution < -0.4 is 0 Å². The summed E-state index contributed by atoms with van der Waals surface area (Å²) in [5.41, 5.74) is 3.26. The van der Waals surface area contributed by atoms with Gasteiger partial charge >= 0.3 is 0 Å². The maximum absolute atomic E-state index is 12.8. The topological polar surface area (TPSA) is 51.0 Å². The second-order valence-electron chi connectivity index (χ2n) is 5.92. The van der Waals surface area contributed by atoms with E-state index in [1.165, 1.54) is 0 Å². The molecule has 1 fully saturated rings. The zero-order chi connectivity index (χ0) is 15.8. The van der Waals surface area contributed by atoms with Gasteiger partial charge in [-0.15, -0.1) is 0 Å². The molecule has 5 nitrogen and oxygen atoms in total. The van der Waals surface area contributed by atoms with Crippen molar-refractivity contribution in [2.75, 3.05) is 13.1 Å². The summed E-state index contributed by atoms with van der Waals surface area (Å²) in [6.07, 6.45) is 7.66. The average Bonchev–Trinajstić information content (AvgIpc) is 3.25. The number of carbonyl (C=O) groups is 1. The number of nitrogens with zero attached hydrogens (tertiary/aromatic N) is 4. The van der Waals surface area contributed by atoms with Crippen LogP contribution in [-0.2, 0) is 7.05 Å².